The van der Waals surface area contributed by atoms with Crippen molar-refractivity contribution in [2.24, 2.45) is 0 Å². The van der Waals surface area contributed by atoms with Gasteiger partial charge in [0.05, 0.1) is 5.56 Å². The SMILES string of the molecule is CCCc1ccc2c(c1)C1(OC2=O)c2ccc(O)cc2Oc2cc(O)ccc21. The number of fused-ring (bicyclic) bond motifs is 6. The van der Waals surface area contributed by atoms with E-state index in [1.165, 1.54) is 12.1 Å². The average Bonchev–Trinajstić information content (AvgIpc) is 2.94. The Morgan fingerprint density at radius 1 is 0.857 bits per heavy atom. The molecule has 0 bridgehead atoms. The highest BCUT2D eigenvalue weighted by Crippen LogP contribution is 2.57. The van der Waals surface area contributed by atoms with E-state index in [1.54, 1.807) is 24.3 Å². The van der Waals surface area contributed by atoms with Gasteiger partial charge in [-0.15, -0.1) is 0 Å². The van der Waals surface area contributed by atoms with Gasteiger partial charge in [-0.05, 0) is 42.3 Å². The number of ether oxygens (including phenoxy) is 2. The zero-order valence-electron chi connectivity index (χ0n) is 15.2. The molecule has 28 heavy (non-hydrogen) atoms. The lowest BCUT2D eigenvalue weighted by molar-refractivity contribution is 0.0224. The second kappa shape index (κ2) is 5.76. The number of aryl methyl sites for hydroxylation is 1. The van der Waals surface area contributed by atoms with Crippen LogP contribution in [0, 0.1) is 0 Å². The number of phenolic OH excluding ortho intramolecular Hbond substituents is 2. The number of hydrogen-bond acceptors (Lipinski definition) is 5. The quantitative estimate of drug-likeness (QED) is 0.640. The molecule has 0 saturated carbocycles. The molecule has 3 aromatic rings. The van der Waals surface area contributed by atoms with Gasteiger partial charge in [0, 0.05) is 28.8 Å². The van der Waals surface area contributed by atoms with Crippen molar-refractivity contribution >= 4 is 5.97 Å². The first kappa shape index (κ1) is 16.7. The highest BCUT2D eigenvalue weighted by molar-refractivity contribution is 5.97. The Hall–Kier alpha value is -3.47. The van der Waals surface area contributed by atoms with Crippen LogP contribution in [-0.2, 0) is 16.8 Å². The molecular weight excluding hydrogens is 356 g/mol. The highest BCUT2D eigenvalue weighted by Gasteiger charge is 2.53. The van der Waals surface area contributed by atoms with Gasteiger partial charge in [0.15, 0.2) is 5.60 Å². The Kier molecular flexibility index (Phi) is 3.43. The number of carbonyl (C=O) groups excluding carboxylic acids is 1. The zero-order chi connectivity index (χ0) is 19.5. The summed E-state index contributed by atoms with van der Waals surface area (Å²) in [5.41, 5.74) is 2.49. The van der Waals surface area contributed by atoms with Crippen LogP contribution in [-0.4, -0.2) is 16.2 Å². The molecule has 5 nitrogen and oxygen atoms in total. The van der Waals surface area contributed by atoms with Gasteiger partial charge in [-0.2, -0.15) is 0 Å². The van der Waals surface area contributed by atoms with Gasteiger partial charge in [-0.3, -0.25) is 0 Å². The Morgan fingerprint density at radius 3 is 2.11 bits per heavy atom. The molecule has 0 unspecified atom stereocenters. The molecule has 2 heterocycles. The number of esters is 1. The van der Waals surface area contributed by atoms with Crippen LogP contribution in [0.3, 0.4) is 0 Å². The molecule has 5 rings (SSSR count). The molecule has 0 atom stereocenters. The third-order valence-corrected chi connectivity index (χ3v) is 5.38. The van der Waals surface area contributed by atoms with Gasteiger partial charge < -0.3 is 19.7 Å². The summed E-state index contributed by atoms with van der Waals surface area (Å²) in [5, 5.41) is 19.9. The Balaban J connectivity index is 1.86. The zero-order valence-corrected chi connectivity index (χ0v) is 15.2. The molecule has 3 aromatic carbocycles. The van der Waals surface area contributed by atoms with E-state index in [1.807, 2.05) is 18.2 Å². The van der Waals surface area contributed by atoms with Gasteiger partial charge >= 0.3 is 5.97 Å². The molecule has 5 heteroatoms. The topological polar surface area (TPSA) is 76.0 Å². The minimum absolute atomic E-state index is 0.0433. The maximum atomic E-state index is 12.8. The highest BCUT2D eigenvalue weighted by atomic mass is 16.6. The predicted octanol–water partition coefficient (Wildman–Crippen LogP) is 4.62. The second-order valence-electron chi connectivity index (χ2n) is 7.16. The normalized spacial score (nSPS) is 15.4. The molecule has 0 saturated heterocycles. The van der Waals surface area contributed by atoms with Gasteiger partial charge in [-0.1, -0.05) is 25.5 Å². The third kappa shape index (κ3) is 2.16. The van der Waals surface area contributed by atoms with Crippen molar-refractivity contribution in [2.45, 2.75) is 25.4 Å². The Morgan fingerprint density at radius 2 is 1.50 bits per heavy atom. The van der Waals surface area contributed by atoms with Gasteiger partial charge in [0.2, 0.25) is 0 Å². The van der Waals surface area contributed by atoms with E-state index in [0.29, 0.717) is 28.2 Å². The maximum Gasteiger partial charge on any atom is 0.340 e. The molecule has 2 aliphatic rings. The van der Waals surface area contributed by atoms with Crippen molar-refractivity contribution in [3.63, 3.8) is 0 Å². The van der Waals surface area contributed by atoms with Gasteiger partial charge in [0.1, 0.15) is 23.0 Å². The fraction of sp³-hybridized carbons (Fsp3) is 0.174. The third-order valence-electron chi connectivity index (χ3n) is 5.38. The molecule has 0 radical (unpaired) electrons. The van der Waals surface area contributed by atoms with Crippen LogP contribution in [0.15, 0.2) is 54.6 Å². The summed E-state index contributed by atoms with van der Waals surface area (Å²) < 4.78 is 12.0. The van der Waals surface area contributed by atoms with Crippen molar-refractivity contribution < 1.29 is 24.5 Å². The lowest BCUT2D eigenvalue weighted by atomic mass is 9.77. The molecule has 0 aliphatic carbocycles. The van der Waals surface area contributed by atoms with Crippen LogP contribution in [0.25, 0.3) is 0 Å². The fourth-order valence-electron chi connectivity index (χ4n) is 4.19. The molecule has 0 fully saturated rings. The summed E-state index contributed by atoms with van der Waals surface area (Å²) in [6, 6.07) is 15.3. The first-order valence-electron chi connectivity index (χ1n) is 9.24. The van der Waals surface area contributed by atoms with Crippen molar-refractivity contribution in [3.05, 3.63) is 82.4 Å². The van der Waals surface area contributed by atoms with Crippen LogP contribution >= 0.6 is 0 Å². The van der Waals surface area contributed by atoms with Crippen molar-refractivity contribution in [3.8, 4) is 23.0 Å². The molecule has 1 spiro atoms. The summed E-state index contributed by atoms with van der Waals surface area (Å²) in [6.45, 7) is 2.11. The number of phenols is 2. The summed E-state index contributed by atoms with van der Waals surface area (Å²) in [5.74, 6) is 0.459. The minimum atomic E-state index is -1.18. The molecular formula is C23H18O5. The summed E-state index contributed by atoms with van der Waals surface area (Å²) in [6.07, 6.45) is 1.87. The van der Waals surface area contributed by atoms with E-state index < -0.39 is 11.6 Å². The number of carbonyl (C=O) groups is 1. The van der Waals surface area contributed by atoms with Crippen LogP contribution in [0.5, 0.6) is 23.0 Å². The number of rotatable bonds is 2. The van der Waals surface area contributed by atoms with Crippen LogP contribution in [0.2, 0.25) is 0 Å². The van der Waals surface area contributed by atoms with Crippen LogP contribution in [0.1, 0.15) is 46.0 Å². The van der Waals surface area contributed by atoms with E-state index >= 15 is 0 Å². The molecule has 2 aliphatic heterocycles. The Labute approximate surface area is 161 Å². The van der Waals surface area contributed by atoms with Gasteiger partial charge in [0.25, 0.3) is 0 Å². The fourth-order valence-corrected chi connectivity index (χ4v) is 4.19. The summed E-state index contributed by atoms with van der Waals surface area (Å²) in [7, 11) is 0. The van der Waals surface area contributed by atoms with Crippen molar-refractivity contribution in [2.75, 3.05) is 0 Å². The smallest absolute Gasteiger partial charge is 0.340 e. The molecule has 2 N–H and O–H groups in total. The monoisotopic (exact) mass is 374 g/mol. The van der Waals surface area contributed by atoms with E-state index in [0.717, 1.165) is 24.0 Å². The van der Waals surface area contributed by atoms with Crippen LogP contribution < -0.4 is 4.74 Å². The lowest BCUT2D eigenvalue weighted by Gasteiger charge is -2.36. The summed E-state index contributed by atoms with van der Waals surface area (Å²) in [4.78, 5) is 12.8. The minimum Gasteiger partial charge on any atom is -0.508 e. The average molecular weight is 374 g/mol. The number of hydrogen-bond donors (Lipinski definition) is 2. The van der Waals surface area contributed by atoms with E-state index in [2.05, 4.69) is 6.92 Å². The lowest BCUT2D eigenvalue weighted by Crippen LogP contribution is -2.33. The van der Waals surface area contributed by atoms with E-state index in [4.69, 9.17) is 9.47 Å². The molecule has 0 amide bonds. The molecule has 140 valence electrons. The molecule has 0 aromatic heterocycles. The van der Waals surface area contributed by atoms with Crippen LogP contribution in [0.4, 0.5) is 0 Å². The largest absolute Gasteiger partial charge is 0.508 e. The number of aromatic hydroxyl groups is 2. The van der Waals surface area contributed by atoms with E-state index in [-0.39, 0.29) is 11.5 Å². The van der Waals surface area contributed by atoms with Crippen molar-refractivity contribution in [1.29, 1.82) is 0 Å². The Bertz CT molecular complexity index is 1080. The maximum absolute atomic E-state index is 12.8. The first-order valence-corrected chi connectivity index (χ1v) is 9.24. The van der Waals surface area contributed by atoms with Gasteiger partial charge in [-0.25, -0.2) is 4.79 Å². The summed E-state index contributed by atoms with van der Waals surface area (Å²) >= 11 is 0. The first-order chi connectivity index (χ1) is 13.5. The second-order valence-corrected chi connectivity index (χ2v) is 7.16. The standard InChI is InChI=1S/C23H18O5/c1-2-3-13-4-7-16-19(10-13)23(28-22(16)26)17-8-5-14(24)11-20(17)27-21-12-15(25)6-9-18(21)23/h4-12,24-25H,2-3H2,1H3. The number of benzene rings is 3. The van der Waals surface area contributed by atoms with Crippen molar-refractivity contribution in [1.82, 2.24) is 0 Å². The van der Waals surface area contributed by atoms with E-state index in [9.17, 15) is 15.0 Å². The predicted molar refractivity (Wildman–Crippen MR) is 102 cm³/mol.